The van der Waals surface area contributed by atoms with Crippen molar-refractivity contribution in [2.24, 2.45) is 0 Å². The zero-order valence-electron chi connectivity index (χ0n) is 73.8. The molecule has 0 aliphatic heterocycles. The number of hydrogen-bond donors (Lipinski definition) is 4. The quantitative estimate of drug-likeness (QED) is 0.0146. The maximum absolute atomic E-state index is 13.1. The van der Waals surface area contributed by atoms with Crippen LogP contribution in [-0.4, -0.2) is 95.9 Å². The van der Waals surface area contributed by atoms with Gasteiger partial charge in [-0.05, 0) is 161 Å². The number of phosphoric ester groups is 2. The van der Waals surface area contributed by atoms with Crippen molar-refractivity contribution in [3.05, 3.63) is 170 Å². The van der Waals surface area contributed by atoms with Crippen LogP contribution in [0.15, 0.2) is 170 Å². The summed E-state index contributed by atoms with van der Waals surface area (Å²) in [6, 6.07) is 0. The Morgan fingerprint density at radius 1 is 0.248 bits per heavy atom. The van der Waals surface area contributed by atoms with Crippen molar-refractivity contribution >= 4 is 33.6 Å². The van der Waals surface area contributed by atoms with E-state index in [2.05, 4.69) is 191 Å². The normalized spacial score (nSPS) is 14.6. The number of carbonyl (C=O) groups excluding carboxylic acids is 3. The first kappa shape index (κ1) is 112. The second-order valence-corrected chi connectivity index (χ2v) is 33.6. The number of ether oxygens (including phenoxy) is 3. The predicted molar refractivity (Wildman–Crippen MR) is 491 cm³/mol. The van der Waals surface area contributed by atoms with Gasteiger partial charge in [0.25, 0.3) is 0 Å². The van der Waals surface area contributed by atoms with E-state index in [9.17, 15) is 43.5 Å². The second-order valence-electron chi connectivity index (χ2n) is 30.7. The molecule has 0 aromatic rings. The monoisotopic (exact) mass is 1680 g/mol. The zero-order chi connectivity index (χ0) is 85.1. The van der Waals surface area contributed by atoms with Gasteiger partial charge in [-0.15, -0.1) is 0 Å². The predicted octanol–water partition coefficient (Wildman–Crippen LogP) is 28.7. The molecule has 0 heterocycles. The fourth-order valence-corrected chi connectivity index (χ4v) is 14.0. The highest BCUT2D eigenvalue weighted by Crippen LogP contribution is 2.45. The maximum atomic E-state index is 13.1. The minimum atomic E-state index is -4.95. The molecule has 0 saturated heterocycles. The number of rotatable bonds is 87. The highest BCUT2D eigenvalue weighted by atomic mass is 31.2. The molecular formula is C99H168O16P2. The lowest BCUT2D eigenvalue weighted by Gasteiger charge is -2.21. The number of aliphatic hydroxyl groups is 2. The third kappa shape index (κ3) is 91.5. The number of esters is 3. The summed E-state index contributed by atoms with van der Waals surface area (Å²) in [5.41, 5.74) is 0. The fourth-order valence-electron chi connectivity index (χ4n) is 12.4. The van der Waals surface area contributed by atoms with E-state index in [0.29, 0.717) is 19.3 Å². The van der Waals surface area contributed by atoms with Crippen LogP contribution in [-0.2, 0) is 55.8 Å². The van der Waals surface area contributed by atoms with Crippen LogP contribution in [0.2, 0.25) is 0 Å². The summed E-state index contributed by atoms with van der Waals surface area (Å²) < 4.78 is 61.5. The molecular weight excluding hydrogens is 1510 g/mol. The molecule has 18 heteroatoms. The van der Waals surface area contributed by atoms with Gasteiger partial charge in [0, 0.05) is 19.3 Å². The third-order valence-corrected chi connectivity index (χ3v) is 21.3. The molecule has 0 aliphatic carbocycles. The molecule has 5 unspecified atom stereocenters. The average Bonchev–Trinajstić information content (AvgIpc) is 0.898. The van der Waals surface area contributed by atoms with Crippen LogP contribution in [0.1, 0.15) is 380 Å². The third-order valence-electron chi connectivity index (χ3n) is 19.4. The number of hydrogen-bond acceptors (Lipinski definition) is 14. The highest BCUT2D eigenvalue weighted by molar-refractivity contribution is 7.47. The minimum Gasteiger partial charge on any atom is -0.463 e. The average molecular weight is 1680 g/mol. The van der Waals surface area contributed by atoms with E-state index < -0.39 is 91.5 Å². The lowest BCUT2D eigenvalue weighted by Crippen LogP contribution is -2.30. The summed E-state index contributed by atoms with van der Waals surface area (Å²) in [6.45, 7) is 2.52. The molecule has 0 amide bonds. The molecule has 0 rings (SSSR count). The van der Waals surface area contributed by atoms with Crippen molar-refractivity contribution < 1.29 is 75.8 Å². The molecule has 670 valence electrons. The van der Waals surface area contributed by atoms with Crippen molar-refractivity contribution in [3.63, 3.8) is 0 Å². The molecule has 117 heavy (non-hydrogen) atoms. The van der Waals surface area contributed by atoms with Gasteiger partial charge in [-0.1, -0.05) is 371 Å². The summed E-state index contributed by atoms with van der Waals surface area (Å²) in [5, 5.41) is 20.7. The van der Waals surface area contributed by atoms with Crippen molar-refractivity contribution in [3.8, 4) is 0 Å². The second kappa shape index (κ2) is 90.2. The van der Waals surface area contributed by atoms with Crippen molar-refractivity contribution in [2.45, 2.75) is 399 Å². The Labute approximate surface area is 713 Å². The Kier molecular flexibility index (Phi) is 86.2. The van der Waals surface area contributed by atoms with Crippen LogP contribution in [0.3, 0.4) is 0 Å². The molecule has 0 saturated carbocycles. The van der Waals surface area contributed by atoms with Crippen molar-refractivity contribution in [2.75, 3.05) is 39.6 Å². The van der Waals surface area contributed by atoms with E-state index in [1.54, 1.807) is 0 Å². The van der Waals surface area contributed by atoms with Gasteiger partial charge in [-0.3, -0.25) is 32.5 Å². The van der Waals surface area contributed by atoms with E-state index in [0.717, 1.165) is 154 Å². The number of allylic oxidation sites excluding steroid dienone is 28. The van der Waals surface area contributed by atoms with Crippen molar-refractivity contribution in [1.29, 1.82) is 0 Å². The van der Waals surface area contributed by atoms with Gasteiger partial charge in [-0.2, -0.15) is 0 Å². The number of aliphatic hydroxyl groups excluding tert-OH is 2. The SMILES string of the molecule is CC/C=C\C/C=C\C/C=C\C/C=C\C/C=C\C/C=C\CCCCCCC(=O)OC(COC(=O)CCCCCCCCCCCCC/C=C\C/C=C\C/C=C\C/C=C\CCCCC)COP(=O)(O)OCC(O)COP(=O)(O)OCC(O)COC(=O)CCCCCCCCCCCCCCCCC/C=C\C/C=C\C/C=C\C/C=C\CCCCC. The molecule has 5 atom stereocenters. The first-order chi connectivity index (χ1) is 57.2. The Morgan fingerprint density at radius 3 is 0.718 bits per heavy atom. The number of phosphoric acid groups is 2. The van der Waals surface area contributed by atoms with Gasteiger partial charge in [0.1, 0.15) is 25.4 Å². The molecule has 0 radical (unpaired) electrons. The Bertz CT molecular complexity index is 2810. The smallest absolute Gasteiger partial charge is 0.463 e. The topological polar surface area (TPSA) is 231 Å². The molecule has 4 N–H and O–H groups in total. The maximum Gasteiger partial charge on any atom is 0.472 e. The van der Waals surface area contributed by atoms with Gasteiger partial charge in [-0.25, -0.2) is 9.13 Å². The van der Waals surface area contributed by atoms with Gasteiger partial charge >= 0.3 is 33.6 Å². The molecule has 0 aromatic heterocycles. The van der Waals surface area contributed by atoms with E-state index in [4.69, 9.17) is 32.3 Å². The Morgan fingerprint density at radius 2 is 0.453 bits per heavy atom. The largest absolute Gasteiger partial charge is 0.472 e. The molecule has 0 fully saturated rings. The summed E-state index contributed by atoms with van der Waals surface area (Å²) >= 11 is 0. The van der Waals surface area contributed by atoms with Gasteiger partial charge in [0.2, 0.25) is 0 Å². The van der Waals surface area contributed by atoms with Crippen LogP contribution in [0.5, 0.6) is 0 Å². The van der Waals surface area contributed by atoms with Crippen molar-refractivity contribution in [1.82, 2.24) is 0 Å². The lowest BCUT2D eigenvalue weighted by atomic mass is 10.0. The van der Waals surface area contributed by atoms with Crippen LogP contribution < -0.4 is 0 Å². The molecule has 0 bridgehead atoms. The molecule has 0 aliphatic rings. The zero-order valence-corrected chi connectivity index (χ0v) is 75.6. The van der Waals surface area contributed by atoms with Gasteiger partial charge < -0.3 is 34.2 Å². The summed E-state index contributed by atoms with van der Waals surface area (Å²) in [7, 11) is -9.82. The van der Waals surface area contributed by atoms with Gasteiger partial charge in [0.05, 0.1) is 26.4 Å². The van der Waals surface area contributed by atoms with E-state index in [-0.39, 0.29) is 19.3 Å². The highest BCUT2D eigenvalue weighted by Gasteiger charge is 2.29. The number of unbranched alkanes of at least 4 members (excludes halogenated alkanes) is 36. The van der Waals surface area contributed by atoms with E-state index in [1.807, 2.05) is 0 Å². The molecule has 0 aromatic carbocycles. The summed E-state index contributed by atoms with van der Waals surface area (Å²) in [6.07, 6.45) is 117. The lowest BCUT2D eigenvalue weighted by molar-refractivity contribution is -0.161. The first-order valence-electron chi connectivity index (χ1n) is 46.4. The minimum absolute atomic E-state index is 0.0689. The van der Waals surface area contributed by atoms with E-state index >= 15 is 0 Å². The van der Waals surface area contributed by atoms with E-state index in [1.165, 1.54) is 167 Å². The standard InChI is InChI=1S/C99H168O16P2/c1-4-7-10-13-16-19-22-25-28-31-34-37-40-42-44-45-46-47-49-51-53-55-58-61-64-67-70-73-76-79-82-85-97(102)109-88-94(100)89-111-116(105,106)112-90-95(101)91-113-117(107,108)114-93-96(115-99(104)87-84-81-78-75-72-69-66-63-60-57-52-39-36-33-30-27-24-21-18-15-12-9-6-3)92-110-98(103)86-83-80-77-74-71-68-65-62-59-56-54-50-48-43-41-38-35-32-29-26-23-20-17-14-11-8-5-2/h9,12,16-21,25-30,34-39,42-44,48,57,60,66,69,94-96,100-101H,4-8,10-11,13-15,22-24,31-33,40-41,45-47,49-56,58-59,61-65,67-68,70-93H2,1-3H3,(H,105,106)(H,107,108)/b12-9-,19-16-,20-17-,21-18-,28-25-,29-26-,30-27-,37-34-,38-35-,39-36-,44-42-,48-43-,60-57-,69-66-. The van der Waals surface area contributed by atoms with Crippen LogP contribution in [0.25, 0.3) is 0 Å². The Hall–Kier alpha value is -5.09. The van der Waals surface area contributed by atoms with Crippen LogP contribution in [0, 0.1) is 0 Å². The molecule has 16 nitrogen and oxygen atoms in total. The fraction of sp³-hybridized carbons (Fsp3) is 0.687. The Balaban J connectivity index is 4.64. The van der Waals surface area contributed by atoms with Crippen LogP contribution in [0.4, 0.5) is 0 Å². The summed E-state index contributed by atoms with van der Waals surface area (Å²) in [4.78, 5) is 59.0. The molecule has 0 spiro atoms. The first-order valence-corrected chi connectivity index (χ1v) is 49.4. The van der Waals surface area contributed by atoms with Gasteiger partial charge in [0.15, 0.2) is 6.10 Å². The summed E-state index contributed by atoms with van der Waals surface area (Å²) in [5.74, 6) is -1.60. The van der Waals surface area contributed by atoms with Crippen LogP contribution >= 0.6 is 15.6 Å². The number of carbonyl (C=O) groups is 3.